The summed E-state index contributed by atoms with van der Waals surface area (Å²) in [7, 11) is 0. The average molecular weight is 240 g/mol. The van der Waals surface area contributed by atoms with Crippen LogP contribution in [0.25, 0.3) is 11.1 Å². The number of hydrogen-bond acceptors (Lipinski definition) is 2. The third-order valence-corrected chi connectivity index (χ3v) is 3.89. The highest BCUT2D eigenvalue weighted by Crippen LogP contribution is 2.37. The summed E-state index contributed by atoms with van der Waals surface area (Å²) >= 11 is 0. The monoisotopic (exact) mass is 240 g/mol. The third-order valence-electron chi connectivity index (χ3n) is 3.89. The van der Waals surface area contributed by atoms with Gasteiger partial charge < -0.3 is 5.43 Å². The van der Waals surface area contributed by atoms with Gasteiger partial charge in [0.15, 0.2) is 0 Å². The first-order chi connectivity index (χ1) is 8.57. The first kappa shape index (κ1) is 12.7. The van der Waals surface area contributed by atoms with E-state index >= 15 is 0 Å². The van der Waals surface area contributed by atoms with Crippen molar-refractivity contribution in [1.29, 1.82) is 0 Å². The first-order valence-corrected chi connectivity index (χ1v) is 6.20. The van der Waals surface area contributed by atoms with Crippen LogP contribution in [-0.4, -0.2) is 0 Å². The summed E-state index contributed by atoms with van der Waals surface area (Å²) in [5, 5.41) is 0. The minimum atomic E-state index is 1.03. The van der Waals surface area contributed by atoms with E-state index in [2.05, 4.69) is 57.4 Å². The average Bonchev–Trinajstić information content (AvgIpc) is 2.41. The molecule has 0 heterocycles. The molecule has 3 N–H and O–H groups in total. The molecule has 0 aromatic heterocycles. The van der Waals surface area contributed by atoms with Crippen LogP contribution in [0.1, 0.15) is 22.3 Å². The highest BCUT2D eigenvalue weighted by molar-refractivity contribution is 5.84. The summed E-state index contributed by atoms with van der Waals surface area (Å²) in [6.07, 6.45) is 0. The molecule has 0 saturated heterocycles. The minimum Gasteiger partial charge on any atom is -0.323 e. The Morgan fingerprint density at radius 2 is 1.33 bits per heavy atom. The Labute approximate surface area is 109 Å². The van der Waals surface area contributed by atoms with Crippen LogP contribution in [-0.2, 0) is 0 Å². The molecule has 18 heavy (non-hydrogen) atoms. The molecule has 94 valence electrons. The lowest BCUT2D eigenvalue weighted by atomic mass is 9.89. The van der Waals surface area contributed by atoms with Crippen LogP contribution in [0, 0.1) is 27.7 Å². The van der Waals surface area contributed by atoms with Crippen LogP contribution in [0.3, 0.4) is 0 Å². The van der Waals surface area contributed by atoms with Crippen molar-refractivity contribution in [3.63, 3.8) is 0 Å². The number of benzene rings is 2. The number of nitrogens with two attached hydrogens (primary N) is 1. The van der Waals surface area contributed by atoms with E-state index in [0.717, 1.165) is 5.69 Å². The van der Waals surface area contributed by atoms with Crippen molar-refractivity contribution in [2.45, 2.75) is 27.7 Å². The number of hydrazine groups is 1. The Balaban J connectivity index is 2.82. The van der Waals surface area contributed by atoms with E-state index in [1.807, 2.05) is 6.07 Å². The molecule has 0 aliphatic heterocycles. The van der Waals surface area contributed by atoms with Crippen molar-refractivity contribution in [3.05, 3.63) is 52.6 Å². The zero-order valence-corrected chi connectivity index (χ0v) is 11.5. The molecule has 0 aliphatic rings. The maximum Gasteiger partial charge on any atom is 0.0598 e. The third kappa shape index (κ3) is 1.89. The van der Waals surface area contributed by atoms with Crippen LogP contribution >= 0.6 is 0 Å². The van der Waals surface area contributed by atoms with Crippen LogP contribution in [0.15, 0.2) is 30.3 Å². The van der Waals surface area contributed by atoms with E-state index in [9.17, 15) is 0 Å². The molecule has 2 nitrogen and oxygen atoms in total. The van der Waals surface area contributed by atoms with Gasteiger partial charge in [-0.25, -0.2) is 0 Å². The van der Waals surface area contributed by atoms with E-state index in [1.54, 1.807) is 0 Å². The maximum absolute atomic E-state index is 5.73. The lowest BCUT2D eigenvalue weighted by molar-refractivity contribution is 1.19. The summed E-state index contributed by atoms with van der Waals surface area (Å²) < 4.78 is 0. The largest absolute Gasteiger partial charge is 0.323 e. The van der Waals surface area contributed by atoms with Gasteiger partial charge in [-0.3, -0.25) is 5.84 Å². The Hall–Kier alpha value is -1.80. The van der Waals surface area contributed by atoms with Gasteiger partial charge in [0.25, 0.3) is 0 Å². The lowest BCUT2D eigenvalue weighted by Crippen LogP contribution is -2.12. The first-order valence-electron chi connectivity index (χ1n) is 6.20. The minimum absolute atomic E-state index is 1.03. The summed E-state index contributed by atoms with van der Waals surface area (Å²) in [5.74, 6) is 5.73. The molecule has 2 aromatic rings. The highest BCUT2D eigenvalue weighted by atomic mass is 15.2. The van der Waals surface area contributed by atoms with E-state index < -0.39 is 0 Å². The second-order valence-electron chi connectivity index (χ2n) is 4.76. The highest BCUT2D eigenvalue weighted by Gasteiger charge is 2.15. The van der Waals surface area contributed by atoms with Crippen molar-refractivity contribution in [1.82, 2.24) is 0 Å². The van der Waals surface area contributed by atoms with Crippen LogP contribution in [0.4, 0.5) is 5.69 Å². The van der Waals surface area contributed by atoms with E-state index in [-0.39, 0.29) is 0 Å². The predicted octanol–water partition coefficient (Wildman–Crippen LogP) is 3.87. The van der Waals surface area contributed by atoms with Gasteiger partial charge in [0.2, 0.25) is 0 Å². The molecule has 0 fully saturated rings. The summed E-state index contributed by atoms with van der Waals surface area (Å²) in [4.78, 5) is 0. The van der Waals surface area contributed by atoms with Crippen LogP contribution < -0.4 is 11.3 Å². The Bertz CT molecular complexity index is 572. The molecule has 2 rings (SSSR count). The number of anilines is 1. The molecule has 0 saturated carbocycles. The van der Waals surface area contributed by atoms with Crippen LogP contribution in [0.5, 0.6) is 0 Å². The maximum atomic E-state index is 5.73. The van der Waals surface area contributed by atoms with Gasteiger partial charge in [0, 0.05) is 5.56 Å². The van der Waals surface area contributed by atoms with Gasteiger partial charge in [-0.2, -0.15) is 0 Å². The Morgan fingerprint density at radius 3 is 1.89 bits per heavy atom. The van der Waals surface area contributed by atoms with Crippen LogP contribution in [0.2, 0.25) is 0 Å². The number of hydrogen-bond donors (Lipinski definition) is 2. The molecule has 0 unspecified atom stereocenters. The Morgan fingerprint density at radius 1 is 0.778 bits per heavy atom. The predicted molar refractivity (Wildman–Crippen MR) is 78.6 cm³/mol. The summed E-state index contributed by atoms with van der Waals surface area (Å²) in [6.45, 7) is 8.59. The number of nitrogen functional groups attached to an aromatic ring is 1. The Kier molecular flexibility index (Phi) is 3.39. The van der Waals surface area contributed by atoms with Gasteiger partial charge in [0.1, 0.15) is 0 Å². The zero-order chi connectivity index (χ0) is 13.3. The fourth-order valence-electron chi connectivity index (χ4n) is 2.46. The van der Waals surface area contributed by atoms with Gasteiger partial charge in [-0.05, 0) is 55.5 Å². The second kappa shape index (κ2) is 4.83. The van der Waals surface area contributed by atoms with Crippen molar-refractivity contribution >= 4 is 5.69 Å². The molecule has 0 bridgehead atoms. The smallest absolute Gasteiger partial charge is 0.0598 e. The molecular weight excluding hydrogens is 220 g/mol. The molecule has 2 heteroatoms. The molecule has 0 aliphatic carbocycles. The van der Waals surface area contributed by atoms with Crippen molar-refractivity contribution in [2.24, 2.45) is 5.84 Å². The molecular formula is C16H20N2. The second-order valence-corrected chi connectivity index (χ2v) is 4.76. The van der Waals surface area contributed by atoms with Crippen molar-refractivity contribution < 1.29 is 0 Å². The fraction of sp³-hybridized carbons (Fsp3) is 0.250. The molecule has 0 atom stereocenters. The molecule has 2 aromatic carbocycles. The summed E-state index contributed by atoms with van der Waals surface area (Å²) in [6, 6.07) is 10.4. The molecule has 0 amide bonds. The zero-order valence-electron chi connectivity index (χ0n) is 11.5. The van der Waals surface area contributed by atoms with Crippen molar-refractivity contribution in [3.8, 4) is 11.1 Å². The quantitative estimate of drug-likeness (QED) is 0.617. The molecule has 0 spiro atoms. The topological polar surface area (TPSA) is 38.0 Å². The van der Waals surface area contributed by atoms with E-state index in [0.29, 0.717) is 0 Å². The van der Waals surface area contributed by atoms with E-state index in [4.69, 9.17) is 5.84 Å². The number of nitrogens with one attached hydrogen (secondary N) is 1. The van der Waals surface area contributed by atoms with Gasteiger partial charge in [-0.1, -0.05) is 30.3 Å². The SMILES string of the molecule is Cc1c(C)c(C)c(-c2ccccc2)c(NN)c1C. The lowest BCUT2D eigenvalue weighted by Gasteiger charge is -2.20. The van der Waals surface area contributed by atoms with Crippen molar-refractivity contribution in [2.75, 3.05) is 5.43 Å². The molecule has 0 radical (unpaired) electrons. The standard InChI is InChI=1S/C16H20N2/c1-10-11(2)13(4)16(18-17)15(12(10)3)14-8-6-5-7-9-14/h5-9,18H,17H2,1-4H3. The fourth-order valence-corrected chi connectivity index (χ4v) is 2.46. The van der Waals surface area contributed by atoms with Gasteiger partial charge in [-0.15, -0.1) is 0 Å². The van der Waals surface area contributed by atoms with Gasteiger partial charge >= 0.3 is 0 Å². The number of rotatable bonds is 2. The van der Waals surface area contributed by atoms with Gasteiger partial charge in [0.05, 0.1) is 5.69 Å². The van der Waals surface area contributed by atoms with E-state index in [1.165, 1.54) is 33.4 Å². The normalized spacial score (nSPS) is 10.5. The summed E-state index contributed by atoms with van der Waals surface area (Å²) in [5.41, 5.74) is 11.5.